The van der Waals surface area contributed by atoms with Crippen LogP contribution >= 0.6 is 0 Å². The molecule has 0 fully saturated rings. The van der Waals surface area contributed by atoms with Crippen molar-refractivity contribution in [3.8, 4) is 0 Å². The monoisotopic (exact) mass is 870 g/mol. The predicted octanol–water partition coefficient (Wildman–Crippen LogP) is 8.05. The molecule has 0 radical (unpaired) electrons. The number of thiol groups is 1. The molecule has 0 bridgehead atoms. The van der Waals surface area contributed by atoms with Crippen LogP contribution in [0.2, 0.25) is 39.3 Å². The van der Waals surface area contributed by atoms with Gasteiger partial charge < -0.3 is 27.1 Å². The van der Waals surface area contributed by atoms with Crippen LogP contribution in [0.5, 0.6) is 0 Å². The Hall–Kier alpha value is -4.15. The fourth-order valence-electron chi connectivity index (χ4n) is 6.60. The predicted molar refractivity (Wildman–Crippen MR) is 273 cm³/mol. The molecular weight excluding hydrogens is 807 g/mol. The van der Waals surface area contributed by atoms with Crippen molar-refractivity contribution in [2.24, 2.45) is 0 Å². The minimum atomic E-state index is -2.88. The van der Waals surface area contributed by atoms with Crippen molar-refractivity contribution in [1.82, 2.24) is 4.65 Å². The molecule has 0 aromatic heterocycles. The highest BCUT2D eigenvalue weighted by molar-refractivity contribution is 7.37. The highest BCUT2D eigenvalue weighted by Crippen LogP contribution is 2.17. The van der Waals surface area contributed by atoms with Gasteiger partial charge >= 0.3 is 0 Å². The molecule has 0 spiro atoms. The molecule has 0 amide bonds. The van der Waals surface area contributed by atoms with E-state index in [1.807, 2.05) is 96.7 Å². The van der Waals surface area contributed by atoms with Gasteiger partial charge in [0.25, 0.3) is 16.6 Å². The van der Waals surface area contributed by atoms with E-state index in [1.54, 1.807) is 0 Å². The molecule has 0 saturated carbocycles. The third-order valence-electron chi connectivity index (χ3n) is 9.69. The van der Waals surface area contributed by atoms with Crippen LogP contribution < -0.4 is 35.8 Å². The van der Waals surface area contributed by atoms with Gasteiger partial charge in [0.1, 0.15) is 16.5 Å². The first kappa shape index (κ1) is 50.0. The summed E-state index contributed by atoms with van der Waals surface area (Å²) in [6.45, 7) is 25.2. The molecule has 0 heterocycles. The summed E-state index contributed by atoms with van der Waals surface area (Å²) >= 11 is 0. The molecule has 0 aliphatic heterocycles. The van der Waals surface area contributed by atoms with E-state index in [2.05, 4.69) is 166 Å². The van der Waals surface area contributed by atoms with Crippen molar-refractivity contribution in [3.63, 3.8) is 0 Å². The lowest BCUT2D eigenvalue weighted by Gasteiger charge is -2.38. The summed E-state index contributed by atoms with van der Waals surface area (Å²) in [5, 5.41) is 6.85. The number of hydrogen-bond acceptors (Lipinski definition) is 4. The highest BCUT2D eigenvalue weighted by atomic mass is 32.1. The quantitative estimate of drug-likeness (QED) is 0.0534. The van der Waals surface area contributed by atoms with Crippen molar-refractivity contribution in [2.45, 2.75) is 46.7 Å². The van der Waals surface area contributed by atoms with E-state index in [0.29, 0.717) is 0 Å². The molecule has 6 aromatic carbocycles. The molecule has 0 aliphatic carbocycles. The first-order chi connectivity index (χ1) is 26.7. The van der Waals surface area contributed by atoms with Gasteiger partial charge in [0.15, 0.2) is 8.32 Å². The first-order valence-electron chi connectivity index (χ1n) is 19.2. The van der Waals surface area contributed by atoms with Crippen LogP contribution in [0.25, 0.3) is 0 Å². The molecule has 304 valence electrons. The number of benzene rings is 6. The van der Waals surface area contributed by atoms with E-state index >= 15 is 0 Å². The molecular formula is C49H64NO2SSi5-. The zero-order valence-corrected chi connectivity index (χ0v) is 40.4. The molecule has 0 saturated heterocycles. The van der Waals surface area contributed by atoms with Gasteiger partial charge in [-0.05, 0) is 44.2 Å². The van der Waals surface area contributed by atoms with Crippen molar-refractivity contribution in [1.29, 1.82) is 0 Å². The van der Waals surface area contributed by atoms with Gasteiger partial charge in [-0.1, -0.05) is 233 Å². The average Bonchev–Trinajstić information content (AvgIpc) is 3.24. The molecule has 0 unspecified atom stereocenters. The summed E-state index contributed by atoms with van der Waals surface area (Å²) in [7, 11) is -10.2. The molecule has 0 atom stereocenters. The maximum Gasteiger partial charge on any atom is 0.285 e. The maximum absolute atomic E-state index is 11.6. The zero-order valence-electron chi connectivity index (χ0n) is 34.5. The molecule has 58 heavy (non-hydrogen) atoms. The molecule has 0 aliphatic rings. The average molecular weight is 872 g/mol. The summed E-state index contributed by atoms with van der Waals surface area (Å²) in [6.07, 6.45) is 0. The molecule has 6 aromatic rings. The molecule has 9 heteroatoms. The third-order valence-corrected chi connectivity index (χ3v) is 28.1. The summed E-state index contributed by atoms with van der Waals surface area (Å²) in [5.74, 6) is 0. The number of hydrogen-bond donors (Lipinski definition) is 2. The van der Waals surface area contributed by atoms with Gasteiger partial charge in [-0.2, -0.15) is 0 Å². The molecule has 3 nitrogen and oxygen atoms in total. The van der Waals surface area contributed by atoms with Gasteiger partial charge in [-0.25, -0.2) is 0 Å². The second-order valence-corrected chi connectivity index (χ2v) is 34.9. The van der Waals surface area contributed by atoms with E-state index < -0.39 is 41.4 Å². The smallest absolute Gasteiger partial charge is 0.285 e. The summed E-state index contributed by atoms with van der Waals surface area (Å²) in [6, 6.07) is 62.1. The molecule has 6 rings (SSSR count). The lowest BCUT2D eigenvalue weighted by Crippen LogP contribution is -2.72. The topological polar surface area (TPSA) is 41.5 Å². The lowest BCUT2D eigenvalue weighted by molar-refractivity contribution is 0.583. The highest BCUT2D eigenvalue weighted by Gasteiger charge is 2.45. The fourth-order valence-corrected chi connectivity index (χ4v) is 25.0. The van der Waals surface area contributed by atoms with Crippen LogP contribution in [0, 0.1) is 0 Å². The van der Waals surface area contributed by atoms with Crippen molar-refractivity contribution >= 4 is 86.0 Å². The minimum absolute atomic E-state index is 0. The van der Waals surface area contributed by atoms with Gasteiger partial charge in [0.05, 0.1) is 0 Å². The summed E-state index contributed by atoms with van der Waals surface area (Å²) in [4.78, 5) is 11.6. The second-order valence-electron chi connectivity index (χ2n) is 15.5. The van der Waals surface area contributed by atoms with Gasteiger partial charge in [0, 0.05) is 0 Å². The fraction of sp³-hybridized carbons (Fsp3) is 0.143. The van der Waals surface area contributed by atoms with Gasteiger partial charge in [0.2, 0.25) is 0 Å². The van der Waals surface area contributed by atoms with Crippen LogP contribution in [0.3, 0.4) is 0 Å². The Kier molecular flexibility index (Phi) is 19.7. The Balaban J connectivity index is 0.000000317. The van der Waals surface area contributed by atoms with E-state index in [0.717, 1.165) is 15.6 Å². The van der Waals surface area contributed by atoms with E-state index in [4.69, 9.17) is 4.12 Å². The Morgan fingerprint density at radius 1 is 0.414 bits per heavy atom. The Bertz CT molecular complexity index is 1880. The number of nitrogens with one attached hydrogen (secondary N) is 1. The van der Waals surface area contributed by atoms with Gasteiger partial charge in [-0.15, -0.1) is 19.7 Å². The second kappa shape index (κ2) is 22.9. The van der Waals surface area contributed by atoms with E-state index in [1.165, 1.54) is 15.6 Å². The van der Waals surface area contributed by atoms with Crippen LogP contribution in [0.15, 0.2) is 219 Å². The Morgan fingerprint density at radius 3 is 0.845 bits per heavy atom. The van der Waals surface area contributed by atoms with E-state index in [-0.39, 0.29) is 20.9 Å². The Morgan fingerprint density at radius 2 is 0.638 bits per heavy atom. The zero-order chi connectivity index (χ0) is 40.7. The normalized spacial score (nSPS) is 11.4. The first-order valence-corrected chi connectivity index (χ1v) is 32.2. The minimum Gasteiger partial charge on any atom is -0.813 e. The SMILES string of the molecule is C.C=C[Si](C)(C)N[Si](C)(C)C=C.C=C[Si](C)(C)O[Si](c1ccccc1)(c1ccccc1)c1ccccc1.O[Si](c1ccccc1)(c1ccccc1)c1ccccc1.[SH-]. The standard InChI is InChI=1S/C22H24OSi2.C18H16OSi.C8H19NSi2.CH4.H2S/c1-4-24(2,3)23-25(20-14-8-5-9-15-20,21-16-10-6-11-17-21)22-18-12-7-13-19-22;19-20(16-10-4-1-5-11-16,17-12-6-2-7-13-17)18-14-8-3-9-15-18;1-7-10(3,4)9-11(5,6)8-2;;/h4-19H,1H2,2-3H3;1-15,19H;7-9H,1-2H2,3-6H3;1H4;1H2/p-1. The van der Waals surface area contributed by atoms with Gasteiger partial charge in [-0.3, -0.25) is 0 Å². The van der Waals surface area contributed by atoms with Crippen molar-refractivity contribution in [2.75, 3.05) is 0 Å². The van der Waals surface area contributed by atoms with Crippen molar-refractivity contribution in [3.05, 3.63) is 219 Å². The maximum atomic E-state index is 11.6. The summed E-state index contributed by atoms with van der Waals surface area (Å²) in [5.41, 5.74) is 6.18. The van der Waals surface area contributed by atoms with Crippen LogP contribution in [-0.2, 0) is 17.6 Å². The van der Waals surface area contributed by atoms with E-state index in [9.17, 15) is 4.80 Å². The number of rotatable bonds is 13. The third kappa shape index (κ3) is 13.2. The van der Waals surface area contributed by atoms with Crippen LogP contribution in [0.1, 0.15) is 7.43 Å². The largest absolute Gasteiger partial charge is 0.813 e. The van der Waals surface area contributed by atoms with Crippen LogP contribution in [0.4, 0.5) is 0 Å². The Labute approximate surface area is 362 Å². The summed E-state index contributed by atoms with van der Waals surface area (Å²) < 4.78 is 10.8. The lowest BCUT2D eigenvalue weighted by atomic mass is 10.3. The van der Waals surface area contributed by atoms with Crippen molar-refractivity contribution < 1.29 is 8.91 Å². The van der Waals surface area contributed by atoms with Crippen LogP contribution in [-0.4, -0.2) is 46.2 Å². The molecule has 2 N–H and O–H groups in total.